The van der Waals surface area contributed by atoms with Crippen LogP contribution >= 0.6 is 0 Å². The average Bonchev–Trinajstić information content (AvgIpc) is 2.67. The van der Waals surface area contributed by atoms with Crippen molar-refractivity contribution in [3.8, 4) is 0 Å². The maximum atomic E-state index is 2.61. The van der Waals surface area contributed by atoms with E-state index in [2.05, 4.69) is 16.7 Å². The smallest absolute Gasteiger partial charge is 0.0235 e. The summed E-state index contributed by atoms with van der Waals surface area (Å²) in [6.45, 7) is 16.8. The van der Waals surface area contributed by atoms with E-state index < -0.39 is 0 Å². The molecule has 0 radical (unpaired) electrons. The van der Waals surface area contributed by atoms with Crippen LogP contribution in [0.1, 0.15) is 41.0 Å². The third-order valence-electron chi connectivity index (χ3n) is 2.87. The second-order valence-electron chi connectivity index (χ2n) is 3.37. The molecule has 2 rings (SSSR count). The Morgan fingerprint density at radius 2 is 1.64 bits per heavy atom. The fourth-order valence-electron chi connectivity index (χ4n) is 2.18. The first-order valence-electron chi connectivity index (χ1n) is 6.36. The van der Waals surface area contributed by atoms with Crippen LogP contribution in [0.15, 0.2) is 0 Å². The maximum Gasteiger partial charge on any atom is 0.0235 e. The first-order chi connectivity index (χ1) is 6.90. The molecule has 0 spiro atoms. The van der Waals surface area contributed by atoms with E-state index in [0.717, 1.165) is 6.04 Å². The summed E-state index contributed by atoms with van der Waals surface area (Å²) in [6, 6.07) is 0.902. The van der Waals surface area contributed by atoms with E-state index in [-0.39, 0.29) is 0 Å². The van der Waals surface area contributed by atoms with Crippen LogP contribution in [0.2, 0.25) is 0 Å². The molecule has 2 fully saturated rings. The zero-order valence-corrected chi connectivity index (χ0v) is 10.7. The number of likely N-dealkylation sites (N-methyl/N-ethyl adjacent to an activating group) is 1. The molecule has 2 heterocycles. The molecular formula is C12H28N2. The highest BCUT2D eigenvalue weighted by Gasteiger charge is 2.30. The lowest BCUT2D eigenvalue weighted by Crippen LogP contribution is -2.46. The van der Waals surface area contributed by atoms with Gasteiger partial charge in [0.25, 0.3) is 0 Å². The first kappa shape index (κ1) is 13.9. The Labute approximate surface area is 90.3 Å². The van der Waals surface area contributed by atoms with Crippen LogP contribution in [-0.2, 0) is 0 Å². The second-order valence-corrected chi connectivity index (χ2v) is 3.37. The largest absolute Gasteiger partial charge is 0.300 e. The van der Waals surface area contributed by atoms with Crippen molar-refractivity contribution in [2.75, 3.05) is 32.7 Å². The van der Waals surface area contributed by atoms with Gasteiger partial charge < -0.3 is 4.90 Å². The van der Waals surface area contributed by atoms with E-state index in [4.69, 9.17) is 0 Å². The fraction of sp³-hybridized carbons (Fsp3) is 1.00. The first-order valence-corrected chi connectivity index (χ1v) is 6.36. The van der Waals surface area contributed by atoms with Crippen molar-refractivity contribution in [3.05, 3.63) is 0 Å². The predicted molar refractivity (Wildman–Crippen MR) is 64.8 cm³/mol. The standard InChI is InChI=1S/C8H16N2.2C2H6/c1-2-10-6-5-9-4-3-8(10)7-9;2*1-2/h8H,2-7H2,1H3;2*1-2H3. The van der Waals surface area contributed by atoms with Crippen LogP contribution in [0.4, 0.5) is 0 Å². The summed E-state index contributed by atoms with van der Waals surface area (Å²) >= 11 is 0. The molecular weight excluding hydrogens is 172 g/mol. The number of hydrogen-bond donors (Lipinski definition) is 0. The quantitative estimate of drug-likeness (QED) is 0.641. The van der Waals surface area contributed by atoms with Gasteiger partial charge in [0.1, 0.15) is 0 Å². The molecule has 2 heteroatoms. The van der Waals surface area contributed by atoms with E-state index in [1.54, 1.807) is 0 Å². The normalized spacial score (nSPS) is 29.8. The van der Waals surface area contributed by atoms with Crippen molar-refractivity contribution in [2.45, 2.75) is 47.1 Å². The molecule has 2 saturated heterocycles. The minimum atomic E-state index is 0.902. The number of fused-ring (bicyclic) bond motifs is 2. The molecule has 0 amide bonds. The summed E-state index contributed by atoms with van der Waals surface area (Å²) in [7, 11) is 0. The van der Waals surface area contributed by atoms with Gasteiger partial charge in [0.05, 0.1) is 0 Å². The van der Waals surface area contributed by atoms with Gasteiger partial charge in [0, 0.05) is 25.7 Å². The van der Waals surface area contributed by atoms with E-state index in [1.165, 1.54) is 39.1 Å². The summed E-state index contributed by atoms with van der Waals surface area (Å²) in [4.78, 5) is 5.19. The lowest BCUT2D eigenvalue weighted by molar-refractivity contribution is 0.142. The molecule has 2 atom stereocenters. The van der Waals surface area contributed by atoms with Gasteiger partial charge in [-0.2, -0.15) is 0 Å². The van der Waals surface area contributed by atoms with Gasteiger partial charge in [-0.3, -0.25) is 4.90 Å². The van der Waals surface area contributed by atoms with Gasteiger partial charge in [-0.15, -0.1) is 0 Å². The van der Waals surface area contributed by atoms with Crippen LogP contribution in [0, 0.1) is 0 Å². The zero-order chi connectivity index (χ0) is 11.0. The van der Waals surface area contributed by atoms with Crippen molar-refractivity contribution in [1.29, 1.82) is 0 Å². The molecule has 2 aliphatic heterocycles. The lowest BCUT2D eigenvalue weighted by atomic mass is 10.2. The number of piperazine rings is 1. The Morgan fingerprint density at radius 1 is 1.00 bits per heavy atom. The average molecular weight is 200 g/mol. The minimum Gasteiger partial charge on any atom is -0.300 e. The van der Waals surface area contributed by atoms with Crippen LogP contribution in [0.3, 0.4) is 0 Å². The Balaban J connectivity index is 0.000000379. The van der Waals surface area contributed by atoms with Gasteiger partial charge in [0.15, 0.2) is 0 Å². The van der Waals surface area contributed by atoms with Crippen LogP contribution in [0.25, 0.3) is 0 Å². The monoisotopic (exact) mass is 200 g/mol. The molecule has 0 N–H and O–H groups in total. The lowest BCUT2D eigenvalue weighted by Gasteiger charge is -2.33. The topological polar surface area (TPSA) is 6.48 Å². The highest BCUT2D eigenvalue weighted by molar-refractivity contribution is 4.87. The van der Waals surface area contributed by atoms with Gasteiger partial charge in [-0.25, -0.2) is 0 Å². The van der Waals surface area contributed by atoms with E-state index in [9.17, 15) is 0 Å². The van der Waals surface area contributed by atoms with Gasteiger partial charge in [-0.1, -0.05) is 34.6 Å². The molecule has 0 saturated carbocycles. The third-order valence-corrected chi connectivity index (χ3v) is 2.87. The number of hydrogen-bond acceptors (Lipinski definition) is 2. The van der Waals surface area contributed by atoms with Crippen molar-refractivity contribution in [3.63, 3.8) is 0 Å². The van der Waals surface area contributed by atoms with Gasteiger partial charge >= 0.3 is 0 Å². The van der Waals surface area contributed by atoms with E-state index in [1.807, 2.05) is 27.7 Å². The Hall–Kier alpha value is -0.0800. The molecule has 2 unspecified atom stereocenters. The number of nitrogens with zero attached hydrogens (tertiary/aromatic N) is 2. The third kappa shape index (κ3) is 3.58. The Kier molecular flexibility index (Phi) is 8.20. The highest BCUT2D eigenvalue weighted by Crippen LogP contribution is 2.19. The summed E-state index contributed by atoms with van der Waals surface area (Å²) in [5, 5.41) is 0. The fourth-order valence-corrected chi connectivity index (χ4v) is 2.18. The predicted octanol–water partition coefficient (Wildman–Crippen LogP) is 2.45. The van der Waals surface area contributed by atoms with Gasteiger partial charge in [0.2, 0.25) is 0 Å². The highest BCUT2D eigenvalue weighted by atomic mass is 15.3. The molecule has 0 aromatic carbocycles. The van der Waals surface area contributed by atoms with Crippen molar-refractivity contribution >= 4 is 0 Å². The summed E-state index contributed by atoms with van der Waals surface area (Å²) in [5.41, 5.74) is 0. The van der Waals surface area contributed by atoms with Crippen LogP contribution in [0.5, 0.6) is 0 Å². The molecule has 0 aliphatic carbocycles. The van der Waals surface area contributed by atoms with E-state index >= 15 is 0 Å². The number of rotatable bonds is 1. The Morgan fingerprint density at radius 3 is 2.21 bits per heavy atom. The molecule has 86 valence electrons. The molecule has 0 aromatic heterocycles. The SMILES string of the molecule is CC.CC.CCN1CCN2CCC1C2. The molecule has 2 aliphatic rings. The molecule has 2 bridgehead atoms. The van der Waals surface area contributed by atoms with Crippen LogP contribution < -0.4 is 0 Å². The van der Waals surface area contributed by atoms with Crippen molar-refractivity contribution < 1.29 is 0 Å². The van der Waals surface area contributed by atoms with Gasteiger partial charge in [-0.05, 0) is 19.5 Å². The summed E-state index contributed by atoms with van der Waals surface area (Å²) < 4.78 is 0. The summed E-state index contributed by atoms with van der Waals surface area (Å²) in [6.07, 6.45) is 1.41. The maximum absolute atomic E-state index is 2.61. The van der Waals surface area contributed by atoms with Crippen LogP contribution in [-0.4, -0.2) is 48.6 Å². The van der Waals surface area contributed by atoms with E-state index in [0.29, 0.717) is 0 Å². The zero-order valence-electron chi connectivity index (χ0n) is 10.7. The van der Waals surface area contributed by atoms with Crippen molar-refractivity contribution in [1.82, 2.24) is 9.80 Å². The Bertz CT molecular complexity index is 125. The second kappa shape index (κ2) is 8.25. The molecule has 0 aromatic rings. The van der Waals surface area contributed by atoms with Crippen molar-refractivity contribution in [2.24, 2.45) is 0 Å². The molecule has 14 heavy (non-hydrogen) atoms. The summed E-state index contributed by atoms with van der Waals surface area (Å²) in [5.74, 6) is 0. The minimum absolute atomic E-state index is 0.902. The molecule has 2 nitrogen and oxygen atoms in total.